The summed E-state index contributed by atoms with van der Waals surface area (Å²) in [6.07, 6.45) is 1.90. The topological polar surface area (TPSA) is 35.0 Å². The minimum atomic E-state index is -2.80. The molecule has 3 nitrogen and oxygen atoms in total. The molecule has 1 aliphatic heterocycles. The van der Waals surface area contributed by atoms with E-state index >= 15 is 0 Å². The van der Waals surface area contributed by atoms with Gasteiger partial charge in [0.2, 0.25) is 13.4 Å². The Labute approximate surface area is 435 Å². The zero-order chi connectivity index (χ0) is 55.4. The second-order valence-corrected chi connectivity index (χ2v) is 21.6. The molecule has 0 spiro atoms. The van der Waals surface area contributed by atoms with Gasteiger partial charge in [0.1, 0.15) is 11.5 Å². The highest BCUT2D eigenvalue weighted by molar-refractivity contribution is 7.12. The van der Waals surface area contributed by atoms with Crippen LogP contribution in [0.5, 0.6) is 11.5 Å². The van der Waals surface area contributed by atoms with E-state index in [1.54, 1.807) is 6.07 Å². The third kappa shape index (κ3) is 9.46. The molecule has 8 aromatic rings. The summed E-state index contributed by atoms with van der Waals surface area (Å²) in [4.78, 5) is 9.77. The van der Waals surface area contributed by atoms with Crippen LogP contribution in [0, 0.1) is 13.7 Å². The first kappa shape index (κ1) is 42.3. The number of nitrogens with zero attached hydrogens (tertiary/aromatic N) is 2. The number of hydrogen-bond donors (Lipinski definition) is 0. The molecule has 0 fully saturated rings. The molecule has 358 valence electrons. The molecule has 1 aliphatic rings. The maximum atomic E-state index is 8.58. The fraction of sp³-hybridized carbons (Fsp3) is 0.303. The van der Waals surface area contributed by atoms with Gasteiger partial charge in [-0.25, -0.2) is 0 Å². The molecule has 0 N–H and O–H groups in total. The first-order valence-corrected chi connectivity index (χ1v) is 25.9. The van der Waals surface area contributed by atoms with Crippen molar-refractivity contribution >= 4 is 46.2 Å². The van der Waals surface area contributed by atoms with Crippen LogP contribution in [0.1, 0.15) is 171 Å². The van der Waals surface area contributed by atoms with E-state index in [1.807, 2.05) is 24.4 Å². The number of pyridine rings is 2. The molecule has 5 heteroatoms. The summed E-state index contributed by atoms with van der Waals surface area (Å²) in [5, 5.41) is 0. The molecular weight excluding hydrogens is 858 g/mol. The monoisotopic (exact) mass is 937 g/mol. The standard InChI is InChI=1S/C66H72B2N2O/c1-39(2)51-23-18-24-52(40(3)4)63(51)48-33-34-69-61(37-48)47-21-17-22-50(35-47)71-62-38-49(60-32-31-45(13)46(14)70-60)36-59-66(62)68(65-55(43(9)10)27-20-28-56(65)44(11)12)58-30-16-15-29-57(58)67(59)64-53(41(5)6)25-19-26-54(64)42(7)8/h15-44H,1-14H3/i13D3,14D3. The maximum Gasteiger partial charge on any atom is 0.245 e. The molecule has 2 aromatic heterocycles. The van der Waals surface area contributed by atoms with Crippen molar-refractivity contribution in [3.05, 3.63) is 190 Å². The Balaban J connectivity index is 1.38. The molecule has 0 aliphatic carbocycles. The number of rotatable bonds is 13. The summed E-state index contributed by atoms with van der Waals surface area (Å²) in [6, 6.07) is 48.7. The largest absolute Gasteiger partial charge is 0.458 e. The predicted molar refractivity (Wildman–Crippen MR) is 308 cm³/mol. The third-order valence-electron chi connectivity index (χ3n) is 14.8. The minimum Gasteiger partial charge on any atom is -0.458 e. The third-order valence-corrected chi connectivity index (χ3v) is 14.8. The van der Waals surface area contributed by atoms with Crippen molar-refractivity contribution in [2.45, 2.75) is 132 Å². The summed E-state index contributed by atoms with van der Waals surface area (Å²) in [5.74, 6) is 2.61. The smallest absolute Gasteiger partial charge is 0.245 e. The molecule has 0 radical (unpaired) electrons. The average Bonchev–Trinajstić information content (AvgIpc) is 3.45. The van der Waals surface area contributed by atoms with Crippen LogP contribution in [-0.2, 0) is 0 Å². The Morgan fingerprint density at radius 1 is 0.423 bits per heavy atom. The van der Waals surface area contributed by atoms with Gasteiger partial charge in [-0.15, -0.1) is 0 Å². The first-order chi connectivity index (χ1) is 36.5. The van der Waals surface area contributed by atoms with Crippen LogP contribution in [0.25, 0.3) is 33.6 Å². The van der Waals surface area contributed by atoms with Gasteiger partial charge in [0.15, 0.2) is 0 Å². The molecule has 0 saturated carbocycles. The predicted octanol–water partition coefficient (Wildman–Crippen LogP) is 14.0. The van der Waals surface area contributed by atoms with E-state index < -0.39 is 19.4 Å². The molecule has 0 amide bonds. The zero-order valence-electron chi connectivity index (χ0n) is 49.8. The SMILES string of the molecule is [2H]C([2H])([2H])c1ccc(-c2cc(Oc3cccc(-c4cc(-c5c(C(C)C)cccc5C(C)C)ccn4)c3)c3c(c2)B(c2c(C(C)C)cccc2C(C)C)c2ccccc2B3c2c(C(C)C)cccc2C(C)C)nc1C([2H])([2H])[2H]. The van der Waals surface area contributed by atoms with Crippen LogP contribution < -0.4 is 37.5 Å². The molecular formula is C66H72B2N2O. The van der Waals surface area contributed by atoms with Crippen LogP contribution in [-0.4, -0.2) is 23.4 Å². The fourth-order valence-corrected chi connectivity index (χ4v) is 11.4. The highest BCUT2D eigenvalue weighted by Gasteiger charge is 2.44. The summed E-state index contributed by atoms with van der Waals surface area (Å²) in [7, 11) is 0. The van der Waals surface area contributed by atoms with Crippen molar-refractivity contribution in [3.8, 4) is 45.1 Å². The van der Waals surface area contributed by atoms with Gasteiger partial charge in [-0.3, -0.25) is 9.97 Å². The van der Waals surface area contributed by atoms with Gasteiger partial charge >= 0.3 is 0 Å². The Morgan fingerprint density at radius 3 is 1.51 bits per heavy atom. The molecule has 0 bridgehead atoms. The quantitative estimate of drug-likeness (QED) is 0.108. The normalized spacial score (nSPS) is 14.1. The summed E-state index contributed by atoms with van der Waals surface area (Å²) in [5.41, 5.74) is 18.9. The highest BCUT2D eigenvalue weighted by Crippen LogP contribution is 2.38. The number of aryl methyl sites for hydroxylation is 2. The molecule has 0 unspecified atom stereocenters. The molecule has 0 atom stereocenters. The van der Waals surface area contributed by atoms with Gasteiger partial charge in [0.05, 0.1) is 11.4 Å². The summed E-state index contributed by atoms with van der Waals surface area (Å²) >= 11 is 0. The lowest BCUT2D eigenvalue weighted by molar-refractivity contribution is 0.487. The van der Waals surface area contributed by atoms with Crippen molar-refractivity contribution in [2.24, 2.45) is 0 Å². The van der Waals surface area contributed by atoms with Crippen molar-refractivity contribution in [1.82, 2.24) is 9.97 Å². The van der Waals surface area contributed by atoms with Gasteiger partial charge in [0, 0.05) is 31.2 Å². The number of ether oxygens (including phenoxy) is 1. The van der Waals surface area contributed by atoms with Crippen LogP contribution >= 0.6 is 0 Å². The first-order valence-electron chi connectivity index (χ1n) is 28.9. The lowest BCUT2D eigenvalue weighted by atomic mass is 9.19. The van der Waals surface area contributed by atoms with Gasteiger partial charge in [-0.05, 0) is 141 Å². The maximum absolute atomic E-state index is 8.58. The van der Waals surface area contributed by atoms with Crippen LogP contribution in [0.4, 0.5) is 0 Å². The van der Waals surface area contributed by atoms with Gasteiger partial charge in [-0.1, -0.05) is 214 Å². The summed E-state index contributed by atoms with van der Waals surface area (Å²) < 4.78 is 58.4. The van der Waals surface area contributed by atoms with E-state index in [-0.39, 0.29) is 42.7 Å². The van der Waals surface area contributed by atoms with E-state index in [0.717, 1.165) is 27.7 Å². The molecule has 3 heterocycles. The van der Waals surface area contributed by atoms with Crippen molar-refractivity contribution in [1.29, 1.82) is 0 Å². The zero-order valence-corrected chi connectivity index (χ0v) is 43.8. The van der Waals surface area contributed by atoms with Crippen LogP contribution in [0.3, 0.4) is 0 Å². The number of benzene rings is 6. The Morgan fingerprint density at radius 2 is 0.958 bits per heavy atom. The van der Waals surface area contributed by atoms with Crippen molar-refractivity contribution < 1.29 is 13.0 Å². The van der Waals surface area contributed by atoms with Crippen LogP contribution in [0.2, 0.25) is 0 Å². The van der Waals surface area contributed by atoms with E-state index in [9.17, 15) is 0 Å². The van der Waals surface area contributed by atoms with E-state index in [2.05, 4.69) is 192 Å². The molecule has 0 saturated heterocycles. The highest BCUT2D eigenvalue weighted by atomic mass is 16.5. The Hall–Kier alpha value is -6.45. The van der Waals surface area contributed by atoms with Crippen LogP contribution in [0.15, 0.2) is 146 Å². The average molecular weight is 937 g/mol. The molecule has 6 aromatic carbocycles. The fourth-order valence-electron chi connectivity index (χ4n) is 11.4. The number of hydrogen-bond acceptors (Lipinski definition) is 3. The number of aromatic nitrogens is 2. The minimum absolute atomic E-state index is 0.187. The summed E-state index contributed by atoms with van der Waals surface area (Å²) in [6.45, 7) is 21.1. The lowest BCUT2D eigenvalue weighted by Gasteiger charge is -2.38. The Bertz CT molecular complexity index is 3410. The lowest BCUT2D eigenvalue weighted by Crippen LogP contribution is -2.76. The van der Waals surface area contributed by atoms with E-state index in [0.29, 0.717) is 34.6 Å². The molecule has 9 rings (SSSR count). The molecule has 71 heavy (non-hydrogen) atoms. The second-order valence-electron chi connectivity index (χ2n) is 21.6. The van der Waals surface area contributed by atoms with E-state index in [1.165, 1.54) is 66.9 Å². The number of fused-ring (bicyclic) bond motifs is 2. The van der Waals surface area contributed by atoms with Crippen molar-refractivity contribution in [3.63, 3.8) is 0 Å². The van der Waals surface area contributed by atoms with Gasteiger partial charge in [-0.2, -0.15) is 0 Å². The van der Waals surface area contributed by atoms with Gasteiger partial charge < -0.3 is 4.74 Å². The Kier molecular flexibility index (Phi) is 12.1. The van der Waals surface area contributed by atoms with E-state index in [4.69, 9.17) is 22.9 Å². The van der Waals surface area contributed by atoms with Gasteiger partial charge in [0.25, 0.3) is 0 Å². The second kappa shape index (κ2) is 20.3. The van der Waals surface area contributed by atoms with Crippen molar-refractivity contribution in [2.75, 3.05) is 0 Å².